The minimum Gasteiger partial charge on any atom is -0.272 e. The number of sulfone groups is 1. The summed E-state index contributed by atoms with van der Waals surface area (Å²) in [7, 11) is -5.05. The molecule has 3 heterocycles. The Kier molecular flexibility index (Phi) is 15.3. The predicted octanol–water partition coefficient (Wildman–Crippen LogP) is 6.99. The molecule has 246 valence electrons. The molecule has 0 bridgehead atoms. The van der Waals surface area contributed by atoms with Crippen LogP contribution in [-0.4, -0.2) is 48.6 Å². The minimum atomic E-state index is -3.81. The SMILES string of the molecule is CCCCCS(=O)(=O)c1ccc([N+](=O)[O-])cc1[N+](=O)[O-].CCS(=O)c1sc(C#N)c(Cl)c1C#N.Cc1cccc2sc3nncn3c12.[Zn+2]. The van der Waals surface area contributed by atoms with Crippen LogP contribution in [0.15, 0.2) is 51.8 Å². The molecule has 0 aliphatic heterocycles. The number of para-hydroxylation sites is 1. The molecular formula is C28H26ClN7O7S4Zn+2. The molecular weight excluding hydrogens is 775 g/mol. The largest absolute Gasteiger partial charge is 2.00 e. The first-order chi connectivity index (χ1) is 22.3. The van der Waals surface area contributed by atoms with Gasteiger partial charge in [-0.1, -0.05) is 61.8 Å². The summed E-state index contributed by atoms with van der Waals surface area (Å²) in [6.45, 7) is 5.76. The Labute approximate surface area is 303 Å². The fourth-order valence-electron chi connectivity index (χ4n) is 4.10. The number of hydrogen-bond acceptors (Lipinski definition) is 13. The van der Waals surface area contributed by atoms with Gasteiger partial charge < -0.3 is 0 Å². The third-order valence-electron chi connectivity index (χ3n) is 6.36. The van der Waals surface area contributed by atoms with Crippen LogP contribution in [0, 0.1) is 49.8 Å². The minimum absolute atomic E-state index is 0. The summed E-state index contributed by atoms with van der Waals surface area (Å²) in [5.74, 6) is 0.204. The Balaban J connectivity index is 0.000000254. The molecule has 0 fully saturated rings. The van der Waals surface area contributed by atoms with Crippen molar-refractivity contribution in [1.29, 1.82) is 10.5 Å². The fourth-order valence-corrected chi connectivity index (χ4v) is 9.34. The van der Waals surface area contributed by atoms with E-state index in [1.54, 1.807) is 24.6 Å². The van der Waals surface area contributed by atoms with Gasteiger partial charge >= 0.3 is 19.5 Å². The average Bonchev–Trinajstić information content (AvgIpc) is 3.74. The second-order valence-corrected chi connectivity index (χ2v) is 15.9. The van der Waals surface area contributed by atoms with Crippen molar-refractivity contribution in [2.45, 2.75) is 49.1 Å². The number of thiazole rings is 1. The predicted molar refractivity (Wildman–Crippen MR) is 180 cm³/mol. The Bertz CT molecular complexity index is 2170. The van der Waals surface area contributed by atoms with Crippen LogP contribution in [0.1, 0.15) is 49.1 Å². The smallest absolute Gasteiger partial charge is 0.272 e. The Morgan fingerprint density at radius 2 is 1.77 bits per heavy atom. The Hall–Kier alpha value is -3.71. The quantitative estimate of drug-likeness (QED) is 0.0641. The van der Waals surface area contributed by atoms with Gasteiger partial charge in [0, 0.05) is 11.8 Å². The first-order valence-corrected chi connectivity index (χ1v) is 18.6. The summed E-state index contributed by atoms with van der Waals surface area (Å²) in [5.41, 5.74) is 1.41. The molecule has 0 saturated heterocycles. The zero-order valence-electron chi connectivity index (χ0n) is 25.8. The van der Waals surface area contributed by atoms with Crippen LogP contribution >= 0.6 is 34.3 Å². The number of thiophene rings is 1. The monoisotopic (exact) mass is 799 g/mol. The van der Waals surface area contributed by atoms with Crippen LogP contribution in [0.3, 0.4) is 0 Å². The molecule has 48 heavy (non-hydrogen) atoms. The van der Waals surface area contributed by atoms with Crippen LogP contribution < -0.4 is 0 Å². The number of benzene rings is 2. The molecule has 5 aromatic rings. The summed E-state index contributed by atoms with van der Waals surface area (Å²) in [4.78, 5) is 20.5. The molecule has 0 saturated carbocycles. The number of nitro benzene ring substituents is 2. The van der Waals surface area contributed by atoms with E-state index in [1.165, 1.54) is 15.8 Å². The first kappa shape index (κ1) is 40.5. The van der Waals surface area contributed by atoms with Gasteiger partial charge in [-0.05, 0) is 31.0 Å². The number of aryl methyl sites for hydroxylation is 1. The topological polar surface area (TPSA) is 215 Å². The van der Waals surface area contributed by atoms with Gasteiger partial charge in [-0.3, -0.25) is 28.8 Å². The number of unbranched alkanes of at least 4 members (excludes halogenated alkanes) is 2. The van der Waals surface area contributed by atoms with Gasteiger partial charge in [-0.2, -0.15) is 10.5 Å². The van der Waals surface area contributed by atoms with Crippen LogP contribution in [0.4, 0.5) is 11.4 Å². The molecule has 0 N–H and O–H groups in total. The average molecular weight is 802 g/mol. The Morgan fingerprint density at radius 1 is 1.06 bits per heavy atom. The molecule has 1 atom stereocenters. The number of nitriles is 2. The number of fused-ring (bicyclic) bond motifs is 3. The van der Waals surface area contributed by atoms with Crippen molar-refractivity contribution >= 4 is 81.5 Å². The third-order valence-corrected chi connectivity index (χ3v) is 12.5. The fraction of sp³-hybridized carbons (Fsp3) is 0.286. The number of rotatable bonds is 9. The molecule has 1 unspecified atom stereocenters. The van der Waals surface area contributed by atoms with Gasteiger partial charge in [0.05, 0.1) is 53.3 Å². The second-order valence-electron chi connectivity index (χ2n) is 9.46. The first-order valence-electron chi connectivity index (χ1n) is 13.6. The molecule has 0 aliphatic rings. The van der Waals surface area contributed by atoms with Gasteiger partial charge in [0.15, 0.2) is 9.84 Å². The summed E-state index contributed by atoms with van der Waals surface area (Å²) >= 11 is 8.46. The van der Waals surface area contributed by atoms with E-state index in [0.29, 0.717) is 28.9 Å². The van der Waals surface area contributed by atoms with E-state index in [2.05, 4.69) is 35.3 Å². The van der Waals surface area contributed by atoms with Gasteiger partial charge in [-0.15, -0.1) is 21.5 Å². The normalized spacial score (nSPS) is 11.2. The maximum atomic E-state index is 12.0. The molecule has 0 spiro atoms. The van der Waals surface area contributed by atoms with E-state index in [4.69, 9.17) is 22.1 Å². The second kappa shape index (κ2) is 18.2. The number of nitro groups is 2. The van der Waals surface area contributed by atoms with E-state index >= 15 is 0 Å². The zero-order valence-corrected chi connectivity index (χ0v) is 32.8. The van der Waals surface area contributed by atoms with Gasteiger partial charge in [-0.25, -0.2) is 8.42 Å². The Morgan fingerprint density at radius 3 is 2.35 bits per heavy atom. The van der Waals surface area contributed by atoms with E-state index in [-0.39, 0.29) is 40.7 Å². The number of nitrogens with zero attached hydrogens (tertiary/aromatic N) is 7. The van der Waals surface area contributed by atoms with Gasteiger partial charge in [0.25, 0.3) is 11.4 Å². The van der Waals surface area contributed by atoms with E-state index in [1.807, 2.05) is 23.5 Å². The number of halogens is 1. The third kappa shape index (κ3) is 9.46. The summed E-state index contributed by atoms with van der Waals surface area (Å²) in [6.07, 6.45) is 3.67. The number of aromatic nitrogens is 3. The summed E-state index contributed by atoms with van der Waals surface area (Å²) < 4.78 is 39.3. The molecule has 0 radical (unpaired) electrons. The molecule has 14 nitrogen and oxygen atoms in total. The zero-order chi connectivity index (χ0) is 34.9. The van der Waals surface area contributed by atoms with Crippen LogP contribution in [0.2, 0.25) is 5.02 Å². The van der Waals surface area contributed by atoms with E-state index < -0.39 is 46.8 Å². The van der Waals surface area contributed by atoms with Crippen molar-refractivity contribution in [2.75, 3.05) is 11.5 Å². The summed E-state index contributed by atoms with van der Waals surface area (Å²) in [5, 5.41) is 47.0. The molecule has 3 aromatic heterocycles. The van der Waals surface area contributed by atoms with Crippen LogP contribution in [0.5, 0.6) is 0 Å². The molecule has 20 heteroatoms. The molecule has 0 amide bonds. The van der Waals surface area contributed by atoms with Crippen LogP contribution in [-0.2, 0) is 40.1 Å². The molecule has 0 aliphatic carbocycles. The van der Waals surface area contributed by atoms with Crippen LogP contribution in [0.25, 0.3) is 15.2 Å². The maximum absolute atomic E-state index is 12.0. The van der Waals surface area contributed by atoms with Crippen molar-refractivity contribution < 1.29 is 42.0 Å². The van der Waals surface area contributed by atoms with Crippen molar-refractivity contribution in [2.24, 2.45) is 0 Å². The van der Waals surface area contributed by atoms with Gasteiger partial charge in [0.2, 0.25) is 4.96 Å². The number of non-ortho nitro benzene ring substituents is 1. The summed E-state index contributed by atoms with van der Waals surface area (Å²) in [6, 6.07) is 12.6. The molecule has 5 rings (SSSR count). The standard InChI is InChI=1S/C11H14N2O6S.C9H7N3S.C8H5ClN2OS2.Zn/c1-2-3-4-7-20(18,19)11-6-5-9(12(14)15)8-10(11)13(16)17;1-6-3-2-4-7-8(6)12-5-10-11-9(12)13-7;1-2-14(12)8-5(3-10)7(9)6(4-11)13-8;/h5-6,8H,2-4,7H2,1H3;2-5H,1H3;2H2,1H3;/q;;;+2. The van der Waals surface area contributed by atoms with E-state index in [9.17, 15) is 32.9 Å². The maximum Gasteiger partial charge on any atom is 2.00 e. The molecule has 2 aromatic carbocycles. The number of hydrogen-bond donors (Lipinski definition) is 0. The van der Waals surface area contributed by atoms with Gasteiger partial charge in [0.1, 0.15) is 32.4 Å². The van der Waals surface area contributed by atoms with Crippen molar-refractivity contribution in [3.63, 3.8) is 0 Å². The van der Waals surface area contributed by atoms with Crippen molar-refractivity contribution in [3.05, 3.63) is 84.0 Å². The van der Waals surface area contributed by atoms with Crippen molar-refractivity contribution in [3.8, 4) is 12.1 Å². The van der Waals surface area contributed by atoms with Crippen molar-refractivity contribution in [1.82, 2.24) is 14.6 Å². The van der Waals surface area contributed by atoms with E-state index in [0.717, 1.165) is 34.9 Å².